The topological polar surface area (TPSA) is 12.0 Å². The molecule has 0 aromatic carbocycles. The van der Waals surface area contributed by atoms with Gasteiger partial charge in [-0.2, -0.15) is 0 Å². The van der Waals surface area contributed by atoms with E-state index in [9.17, 15) is 0 Å². The van der Waals surface area contributed by atoms with E-state index < -0.39 is 0 Å². The van der Waals surface area contributed by atoms with Gasteiger partial charge in [-0.3, -0.25) is 0 Å². The third kappa shape index (κ3) is 7.60. The predicted octanol–water partition coefficient (Wildman–Crippen LogP) is 2.59. The van der Waals surface area contributed by atoms with Gasteiger partial charge in [0.2, 0.25) is 0 Å². The van der Waals surface area contributed by atoms with Gasteiger partial charge in [0, 0.05) is 6.54 Å². The van der Waals surface area contributed by atoms with Crippen molar-refractivity contribution in [3.05, 3.63) is 12.2 Å². The zero-order chi connectivity index (χ0) is 8.53. The third-order valence-electron chi connectivity index (χ3n) is 1.80. The Balaban J connectivity index is 3.15. The van der Waals surface area contributed by atoms with Crippen LogP contribution in [0.2, 0.25) is 0 Å². The van der Waals surface area contributed by atoms with E-state index in [4.69, 9.17) is 0 Å². The first-order chi connectivity index (χ1) is 5.31. The van der Waals surface area contributed by atoms with Gasteiger partial charge in [0.15, 0.2) is 0 Å². The number of hydrogen-bond acceptors (Lipinski definition) is 1. The molecule has 0 aliphatic heterocycles. The number of nitrogens with one attached hydrogen (secondary N) is 1. The Morgan fingerprint density at radius 3 is 2.64 bits per heavy atom. The molecule has 0 saturated carbocycles. The summed E-state index contributed by atoms with van der Waals surface area (Å²) in [7, 11) is 0. The van der Waals surface area contributed by atoms with Crippen LogP contribution in [-0.2, 0) is 0 Å². The summed E-state index contributed by atoms with van der Waals surface area (Å²) in [6.07, 6.45) is 6.97. The number of hydrogen-bond donors (Lipinski definition) is 1. The SMILES string of the molecule is CCCNCC=CC(C)CC. The van der Waals surface area contributed by atoms with Crippen LogP contribution in [0.25, 0.3) is 0 Å². The van der Waals surface area contributed by atoms with E-state index in [1.54, 1.807) is 0 Å². The molecule has 1 nitrogen and oxygen atoms in total. The van der Waals surface area contributed by atoms with Gasteiger partial charge < -0.3 is 5.32 Å². The molecule has 11 heavy (non-hydrogen) atoms. The van der Waals surface area contributed by atoms with Gasteiger partial charge in [-0.25, -0.2) is 0 Å². The molecule has 0 fully saturated rings. The molecule has 0 spiro atoms. The van der Waals surface area contributed by atoms with Gasteiger partial charge in [-0.05, 0) is 18.9 Å². The molecule has 1 atom stereocenters. The van der Waals surface area contributed by atoms with Gasteiger partial charge in [0.25, 0.3) is 0 Å². The van der Waals surface area contributed by atoms with Crippen molar-refractivity contribution in [2.45, 2.75) is 33.6 Å². The van der Waals surface area contributed by atoms with E-state index in [1.807, 2.05) is 0 Å². The largest absolute Gasteiger partial charge is 0.313 e. The Labute approximate surface area is 70.9 Å². The van der Waals surface area contributed by atoms with E-state index in [0.717, 1.165) is 19.0 Å². The Kier molecular flexibility index (Phi) is 7.59. The molecule has 1 unspecified atom stereocenters. The molecule has 1 heteroatoms. The van der Waals surface area contributed by atoms with Crippen molar-refractivity contribution in [2.24, 2.45) is 5.92 Å². The minimum atomic E-state index is 0.735. The highest BCUT2D eigenvalue weighted by Gasteiger charge is 1.88. The first-order valence-corrected chi connectivity index (χ1v) is 4.68. The van der Waals surface area contributed by atoms with E-state index >= 15 is 0 Å². The van der Waals surface area contributed by atoms with Crippen molar-refractivity contribution in [1.82, 2.24) is 5.32 Å². The molecule has 0 aliphatic rings. The zero-order valence-electron chi connectivity index (χ0n) is 8.06. The molecule has 0 heterocycles. The minimum absolute atomic E-state index is 0.735. The lowest BCUT2D eigenvalue weighted by atomic mass is 10.1. The Bertz CT molecular complexity index is 97.0. The Hall–Kier alpha value is -0.300. The molecule has 0 aliphatic carbocycles. The highest BCUT2D eigenvalue weighted by Crippen LogP contribution is 2.00. The monoisotopic (exact) mass is 155 g/mol. The predicted molar refractivity (Wildman–Crippen MR) is 51.8 cm³/mol. The molecule has 0 radical (unpaired) electrons. The van der Waals surface area contributed by atoms with Crippen LogP contribution in [-0.4, -0.2) is 13.1 Å². The quantitative estimate of drug-likeness (QED) is 0.459. The van der Waals surface area contributed by atoms with Crippen LogP contribution in [0.15, 0.2) is 12.2 Å². The fraction of sp³-hybridized carbons (Fsp3) is 0.800. The van der Waals surface area contributed by atoms with Gasteiger partial charge >= 0.3 is 0 Å². The van der Waals surface area contributed by atoms with E-state index in [1.165, 1.54) is 12.8 Å². The molecule has 1 N–H and O–H groups in total. The summed E-state index contributed by atoms with van der Waals surface area (Å²) in [5.41, 5.74) is 0. The average molecular weight is 155 g/mol. The van der Waals surface area contributed by atoms with Gasteiger partial charge in [-0.1, -0.05) is 39.3 Å². The minimum Gasteiger partial charge on any atom is -0.313 e. The maximum Gasteiger partial charge on any atom is 0.0134 e. The summed E-state index contributed by atoms with van der Waals surface area (Å²) < 4.78 is 0. The first kappa shape index (κ1) is 10.7. The summed E-state index contributed by atoms with van der Waals surface area (Å²) in [6, 6.07) is 0. The maximum atomic E-state index is 3.33. The zero-order valence-corrected chi connectivity index (χ0v) is 8.06. The fourth-order valence-corrected chi connectivity index (χ4v) is 0.799. The maximum absolute atomic E-state index is 3.33. The van der Waals surface area contributed by atoms with Gasteiger partial charge in [0.1, 0.15) is 0 Å². The normalized spacial score (nSPS) is 14.1. The van der Waals surface area contributed by atoms with E-state index in [2.05, 4.69) is 38.2 Å². The second-order valence-electron chi connectivity index (χ2n) is 3.02. The second kappa shape index (κ2) is 7.80. The number of allylic oxidation sites excluding steroid dienone is 1. The van der Waals surface area contributed by atoms with Crippen LogP contribution in [0.4, 0.5) is 0 Å². The van der Waals surface area contributed by atoms with Crippen molar-refractivity contribution < 1.29 is 0 Å². The lowest BCUT2D eigenvalue weighted by Gasteiger charge is -2.00. The molecule has 0 aromatic rings. The highest BCUT2D eigenvalue weighted by molar-refractivity contribution is 4.87. The van der Waals surface area contributed by atoms with Crippen molar-refractivity contribution in [3.63, 3.8) is 0 Å². The number of rotatable bonds is 6. The van der Waals surface area contributed by atoms with Crippen LogP contribution in [0, 0.1) is 5.92 Å². The lowest BCUT2D eigenvalue weighted by molar-refractivity contribution is 0.686. The van der Waals surface area contributed by atoms with E-state index in [-0.39, 0.29) is 0 Å². The Morgan fingerprint density at radius 2 is 2.09 bits per heavy atom. The van der Waals surface area contributed by atoms with Crippen LogP contribution < -0.4 is 5.32 Å². The average Bonchev–Trinajstić information content (AvgIpc) is 2.04. The summed E-state index contributed by atoms with van der Waals surface area (Å²) in [5, 5.41) is 3.33. The second-order valence-corrected chi connectivity index (χ2v) is 3.02. The standard InChI is InChI=1S/C10H21N/c1-4-8-11-9-6-7-10(3)5-2/h6-7,10-11H,4-5,8-9H2,1-3H3. The van der Waals surface area contributed by atoms with E-state index in [0.29, 0.717) is 0 Å². The molecule has 0 saturated heterocycles. The first-order valence-electron chi connectivity index (χ1n) is 4.68. The van der Waals surface area contributed by atoms with Gasteiger partial charge in [-0.15, -0.1) is 0 Å². The summed E-state index contributed by atoms with van der Waals surface area (Å²) >= 11 is 0. The van der Waals surface area contributed by atoms with Crippen LogP contribution in [0.3, 0.4) is 0 Å². The summed E-state index contributed by atoms with van der Waals surface area (Å²) in [5.74, 6) is 0.735. The smallest absolute Gasteiger partial charge is 0.0134 e. The molecular weight excluding hydrogens is 134 g/mol. The van der Waals surface area contributed by atoms with Gasteiger partial charge in [0.05, 0.1) is 0 Å². The third-order valence-corrected chi connectivity index (χ3v) is 1.80. The Morgan fingerprint density at radius 1 is 1.36 bits per heavy atom. The molecule has 0 rings (SSSR count). The lowest BCUT2D eigenvalue weighted by Crippen LogP contribution is -2.13. The fourth-order valence-electron chi connectivity index (χ4n) is 0.799. The molecule has 0 bridgehead atoms. The molecule has 0 amide bonds. The molecular formula is C10H21N. The van der Waals surface area contributed by atoms with Crippen molar-refractivity contribution in [3.8, 4) is 0 Å². The van der Waals surface area contributed by atoms with Crippen LogP contribution >= 0.6 is 0 Å². The highest BCUT2D eigenvalue weighted by atomic mass is 14.8. The van der Waals surface area contributed by atoms with Crippen molar-refractivity contribution in [2.75, 3.05) is 13.1 Å². The summed E-state index contributed by atoms with van der Waals surface area (Å²) in [4.78, 5) is 0. The van der Waals surface area contributed by atoms with Crippen molar-refractivity contribution >= 4 is 0 Å². The molecule has 66 valence electrons. The van der Waals surface area contributed by atoms with Crippen molar-refractivity contribution in [1.29, 1.82) is 0 Å². The van der Waals surface area contributed by atoms with Crippen LogP contribution in [0.5, 0.6) is 0 Å². The van der Waals surface area contributed by atoms with Crippen LogP contribution in [0.1, 0.15) is 33.6 Å². The molecule has 0 aromatic heterocycles. The summed E-state index contributed by atoms with van der Waals surface area (Å²) in [6.45, 7) is 8.80.